The Morgan fingerprint density at radius 1 is 1.26 bits per heavy atom. The summed E-state index contributed by atoms with van der Waals surface area (Å²) in [6.45, 7) is 6.32. The number of aryl methyl sites for hydroxylation is 1. The van der Waals surface area contributed by atoms with E-state index in [1.54, 1.807) is 11.3 Å². The van der Waals surface area contributed by atoms with Crippen LogP contribution in [0.25, 0.3) is 0 Å². The number of anilines is 1. The lowest BCUT2D eigenvalue weighted by molar-refractivity contribution is -0.118. The summed E-state index contributed by atoms with van der Waals surface area (Å²) in [6, 6.07) is 12.2. The smallest absolute Gasteiger partial charge is 0.162 e. The summed E-state index contributed by atoms with van der Waals surface area (Å²) < 4.78 is 1.98. The van der Waals surface area contributed by atoms with Crippen molar-refractivity contribution in [1.29, 1.82) is 5.26 Å². The first-order chi connectivity index (χ1) is 14.7. The molecular formula is C24H23Br2N3OS. The number of hydrogen-bond acceptors (Lipinski definition) is 5. The van der Waals surface area contributed by atoms with Crippen molar-refractivity contribution >= 4 is 54.7 Å². The fourth-order valence-electron chi connectivity index (χ4n) is 4.49. The molecule has 0 saturated carbocycles. The van der Waals surface area contributed by atoms with Gasteiger partial charge in [0.25, 0.3) is 0 Å². The summed E-state index contributed by atoms with van der Waals surface area (Å²) in [5.41, 5.74) is 9.40. The van der Waals surface area contributed by atoms with Crippen LogP contribution in [-0.2, 0) is 11.2 Å². The topological polar surface area (TPSA) is 70.1 Å². The Morgan fingerprint density at radius 3 is 2.52 bits per heavy atom. The Kier molecular flexibility index (Phi) is 5.93. The number of rotatable bonds is 3. The van der Waals surface area contributed by atoms with E-state index in [2.05, 4.69) is 58.7 Å². The molecular weight excluding hydrogens is 538 g/mol. The van der Waals surface area contributed by atoms with Crippen molar-refractivity contribution in [3.63, 3.8) is 0 Å². The minimum absolute atomic E-state index is 0.0983. The number of nitrogens with zero attached hydrogens (tertiary/aromatic N) is 2. The Balaban J connectivity index is 1.99. The molecule has 0 radical (unpaired) electrons. The number of Topliss-reactive ketones (excluding diaryl/α,β-unsaturated/α-hetero) is 1. The van der Waals surface area contributed by atoms with Crippen LogP contribution in [-0.4, -0.2) is 5.78 Å². The van der Waals surface area contributed by atoms with Crippen LogP contribution in [0.1, 0.15) is 49.3 Å². The maximum absolute atomic E-state index is 13.5. The molecule has 0 spiro atoms. The number of nitriles is 1. The summed E-state index contributed by atoms with van der Waals surface area (Å²) in [6.07, 6.45) is 2.06. The van der Waals surface area contributed by atoms with Gasteiger partial charge < -0.3 is 5.73 Å². The summed E-state index contributed by atoms with van der Waals surface area (Å²) in [5, 5.41) is 10.2. The molecule has 7 heteroatoms. The predicted octanol–water partition coefficient (Wildman–Crippen LogP) is 6.78. The van der Waals surface area contributed by atoms with E-state index in [1.165, 1.54) is 4.88 Å². The molecule has 1 aliphatic heterocycles. The molecule has 0 bridgehead atoms. The van der Waals surface area contributed by atoms with Gasteiger partial charge in [-0.2, -0.15) is 5.26 Å². The molecule has 0 saturated heterocycles. The van der Waals surface area contributed by atoms with Crippen LogP contribution in [0, 0.1) is 16.7 Å². The molecule has 1 aromatic carbocycles. The van der Waals surface area contributed by atoms with Crippen LogP contribution in [0.3, 0.4) is 0 Å². The van der Waals surface area contributed by atoms with E-state index in [9.17, 15) is 10.1 Å². The van der Waals surface area contributed by atoms with E-state index >= 15 is 0 Å². The second-order valence-corrected chi connectivity index (χ2v) is 11.7. The summed E-state index contributed by atoms with van der Waals surface area (Å²) in [4.78, 5) is 17.6. The number of halogens is 2. The van der Waals surface area contributed by atoms with Gasteiger partial charge in [-0.15, -0.1) is 11.3 Å². The van der Waals surface area contributed by atoms with Crippen LogP contribution in [0.5, 0.6) is 0 Å². The number of thiophene rings is 1. The van der Waals surface area contributed by atoms with E-state index in [4.69, 9.17) is 5.73 Å². The molecule has 4 rings (SSSR count). The normalized spacial score (nSPS) is 20.7. The first-order valence-corrected chi connectivity index (χ1v) is 12.6. The largest absolute Gasteiger partial charge is 0.384 e. The fourth-order valence-corrected chi connectivity index (χ4v) is 6.79. The highest BCUT2D eigenvalue weighted by Gasteiger charge is 2.45. The highest BCUT2D eigenvalue weighted by atomic mass is 79.9. The zero-order valence-corrected chi connectivity index (χ0v) is 21.6. The van der Waals surface area contributed by atoms with Gasteiger partial charge in [0.1, 0.15) is 5.82 Å². The molecule has 4 nitrogen and oxygen atoms in total. The third-order valence-corrected chi connectivity index (χ3v) is 8.69. The Labute approximate surface area is 203 Å². The third-order valence-electron chi connectivity index (χ3n) is 5.85. The van der Waals surface area contributed by atoms with Gasteiger partial charge in [-0.05, 0) is 64.5 Å². The van der Waals surface area contributed by atoms with Crippen LogP contribution >= 0.6 is 43.2 Å². The Morgan fingerprint density at radius 2 is 1.94 bits per heavy atom. The predicted molar refractivity (Wildman–Crippen MR) is 133 cm³/mol. The zero-order chi connectivity index (χ0) is 22.5. The van der Waals surface area contributed by atoms with Crippen molar-refractivity contribution in [1.82, 2.24) is 0 Å². The highest BCUT2D eigenvalue weighted by Crippen LogP contribution is 2.51. The maximum atomic E-state index is 13.5. The molecule has 0 fully saturated rings. The van der Waals surface area contributed by atoms with Gasteiger partial charge in [-0.3, -0.25) is 9.69 Å². The second kappa shape index (κ2) is 8.23. The highest BCUT2D eigenvalue weighted by molar-refractivity contribution is 9.10. The molecule has 1 unspecified atom stereocenters. The monoisotopic (exact) mass is 559 g/mol. The maximum Gasteiger partial charge on any atom is 0.162 e. The molecule has 2 aliphatic rings. The van der Waals surface area contributed by atoms with E-state index in [0.717, 1.165) is 31.6 Å². The molecule has 0 amide bonds. The lowest BCUT2D eigenvalue weighted by Gasteiger charge is -2.43. The minimum atomic E-state index is -0.420. The van der Waals surface area contributed by atoms with Gasteiger partial charge in [0, 0.05) is 42.1 Å². The number of allylic oxidation sites excluding steroid dienone is 3. The molecule has 2 heterocycles. The zero-order valence-electron chi connectivity index (χ0n) is 17.6. The number of nitrogens with two attached hydrogens (primary N) is 1. The quantitative estimate of drug-likeness (QED) is 0.449. The summed E-state index contributed by atoms with van der Waals surface area (Å²) in [5.74, 6) is 0.0831. The Bertz CT molecular complexity index is 1170. The van der Waals surface area contributed by atoms with Gasteiger partial charge in [-0.1, -0.05) is 36.7 Å². The summed E-state index contributed by atoms with van der Waals surface area (Å²) >= 11 is 8.77. The van der Waals surface area contributed by atoms with Gasteiger partial charge >= 0.3 is 0 Å². The van der Waals surface area contributed by atoms with E-state index in [0.29, 0.717) is 29.8 Å². The SMILES string of the molecule is CCc1sc(C2C(C#N)=C(N)N(c3ccc(Br)cc3)C3=C2C(=O)CC(C)(C)C3)cc1Br. The summed E-state index contributed by atoms with van der Waals surface area (Å²) in [7, 11) is 0. The molecule has 160 valence electrons. The minimum Gasteiger partial charge on any atom is -0.384 e. The van der Waals surface area contributed by atoms with Gasteiger partial charge in [0.15, 0.2) is 5.78 Å². The molecule has 1 aliphatic carbocycles. The molecule has 1 aromatic heterocycles. The first-order valence-electron chi connectivity index (χ1n) is 10.2. The van der Waals surface area contributed by atoms with Crippen LogP contribution in [0.15, 0.2) is 61.9 Å². The first kappa shape index (κ1) is 22.3. The average molecular weight is 561 g/mol. The lowest BCUT2D eigenvalue weighted by Crippen LogP contribution is -2.42. The molecule has 2 N–H and O–H groups in total. The second-order valence-electron chi connectivity index (χ2n) is 8.73. The number of carbonyl (C=O) groups is 1. The van der Waals surface area contributed by atoms with Crippen molar-refractivity contribution in [2.45, 2.75) is 46.0 Å². The van der Waals surface area contributed by atoms with E-state index < -0.39 is 5.92 Å². The van der Waals surface area contributed by atoms with Crippen molar-refractivity contribution in [2.75, 3.05) is 4.90 Å². The molecule has 2 aromatic rings. The fraction of sp³-hybridized carbons (Fsp3) is 0.333. The Hall–Kier alpha value is -1.88. The standard InChI is InChI=1S/C24H23Br2N3OS/c1-4-19-16(26)9-20(31-19)21-15(12-27)23(28)29(14-7-5-13(25)6-8-14)17-10-24(2,3)11-18(30)22(17)21/h5-9,21H,4,10-11,28H2,1-3H3. The van der Waals surface area contributed by atoms with Crippen molar-refractivity contribution in [3.8, 4) is 6.07 Å². The van der Waals surface area contributed by atoms with Crippen molar-refractivity contribution < 1.29 is 4.79 Å². The van der Waals surface area contributed by atoms with Crippen LogP contribution < -0.4 is 10.6 Å². The van der Waals surface area contributed by atoms with Gasteiger partial charge in [0.05, 0.1) is 17.6 Å². The van der Waals surface area contributed by atoms with E-state index in [-0.39, 0.29) is 11.2 Å². The van der Waals surface area contributed by atoms with Crippen LogP contribution in [0.2, 0.25) is 0 Å². The molecule has 31 heavy (non-hydrogen) atoms. The van der Waals surface area contributed by atoms with Gasteiger partial charge in [-0.25, -0.2) is 0 Å². The number of carbonyl (C=O) groups excluding carboxylic acids is 1. The van der Waals surface area contributed by atoms with Crippen molar-refractivity contribution in [2.24, 2.45) is 11.1 Å². The van der Waals surface area contributed by atoms with Crippen LogP contribution in [0.4, 0.5) is 5.69 Å². The number of ketones is 1. The van der Waals surface area contributed by atoms with Crippen molar-refractivity contribution in [3.05, 3.63) is 71.7 Å². The lowest BCUT2D eigenvalue weighted by atomic mass is 9.69. The van der Waals surface area contributed by atoms with Gasteiger partial charge in [0.2, 0.25) is 0 Å². The average Bonchev–Trinajstić information content (AvgIpc) is 3.07. The van der Waals surface area contributed by atoms with E-state index in [1.807, 2.05) is 35.2 Å². The number of benzene rings is 1. The third kappa shape index (κ3) is 3.90. The number of hydrogen-bond donors (Lipinski definition) is 1. The molecule has 1 atom stereocenters.